The maximum absolute atomic E-state index is 9.54. The molecule has 2 rings (SSSR count). The summed E-state index contributed by atoms with van der Waals surface area (Å²) in [6, 6.07) is 1.78. The van der Waals surface area contributed by atoms with Crippen molar-refractivity contribution in [1.29, 1.82) is 0 Å². The first-order chi connectivity index (χ1) is 8.19. The maximum atomic E-state index is 9.54. The molecule has 2 aromatic heterocycles. The Morgan fingerprint density at radius 3 is 2.94 bits per heavy atom. The van der Waals surface area contributed by atoms with E-state index in [4.69, 9.17) is 4.74 Å². The molecule has 0 unspecified atom stereocenters. The van der Waals surface area contributed by atoms with Crippen molar-refractivity contribution in [2.75, 3.05) is 7.11 Å². The lowest BCUT2D eigenvalue weighted by Gasteiger charge is -1.92. The average molecular weight is 250 g/mol. The van der Waals surface area contributed by atoms with Crippen molar-refractivity contribution in [3.63, 3.8) is 0 Å². The summed E-state index contributed by atoms with van der Waals surface area (Å²) < 4.78 is 4.90. The van der Waals surface area contributed by atoms with Crippen molar-refractivity contribution >= 4 is 23.5 Å². The van der Waals surface area contributed by atoms with Crippen LogP contribution in [-0.4, -0.2) is 33.4 Å². The molecule has 17 heavy (non-hydrogen) atoms. The number of rotatable bonds is 3. The van der Waals surface area contributed by atoms with Gasteiger partial charge in [0.25, 0.3) is 5.19 Å². The molecule has 2 aromatic rings. The largest absolute Gasteiger partial charge is 0.498 e. The van der Waals surface area contributed by atoms with Gasteiger partial charge in [-0.25, -0.2) is 15.0 Å². The van der Waals surface area contributed by atoms with E-state index in [-0.39, 0.29) is 5.06 Å². The Kier molecular flexibility index (Phi) is 3.29. The lowest BCUT2D eigenvalue weighted by molar-refractivity contribution is 0.411. The third-order valence-electron chi connectivity index (χ3n) is 1.87. The summed E-state index contributed by atoms with van der Waals surface area (Å²) >= 11 is 1.04. The van der Waals surface area contributed by atoms with Gasteiger partial charge < -0.3 is 9.84 Å². The van der Waals surface area contributed by atoms with Gasteiger partial charge in [-0.2, -0.15) is 4.98 Å². The second-order valence-electron chi connectivity index (χ2n) is 3.13. The summed E-state index contributed by atoms with van der Waals surface area (Å²) in [5.74, 6) is 0.330. The summed E-state index contributed by atoms with van der Waals surface area (Å²) in [6.45, 7) is 1.85. The van der Waals surface area contributed by atoms with Crippen molar-refractivity contribution in [2.24, 2.45) is 4.99 Å². The lowest BCUT2D eigenvalue weighted by atomic mass is 10.5. The van der Waals surface area contributed by atoms with E-state index in [0.29, 0.717) is 16.8 Å². The van der Waals surface area contributed by atoms with Crippen LogP contribution < -0.4 is 4.74 Å². The lowest BCUT2D eigenvalue weighted by Crippen LogP contribution is -1.87. The molecule has 0 radical (unpaired) electrons. The van der Waals surface area contributed by atoms with Crippen LogP contribution in [0.3, 0.4) is 0 Å². The Morgan fingerprint density at radius 1 is 1.47 bits per heavy atom. The van der Waals surface area contributed by atoms with E-state index >= 15 is 0 Å². The van der Waals surface area contributed by atoms with E-state index in [9.17, 15) is 5.11 Å². The minimum Gasteiger partial charge on any atom is -0.498 e. The zero-order valence-corrected chi connectivity index (χ0v) is 10.1. The van der Waals surface area contributed by atoms with E-state index < -0.39 is 0 Å². The van der Waals surface area contributed by atoms with Crippen molar-refractivity contribution in [3.8, 4) is 10.3 Å². The molecule has 0 saturated carbocycles. The maximum Gasteiger partial charge on any atom is 0.277 e. The SMILES string of the molecule is COc1nc(/C=N/c2nccc(C)n2)c(O)s1. The van der Waals surface area contributed by atoms with Gasteiger partial charge in [-0.05, 0) is 24.3 Å². The number of aromatic hydroxyl groups is 1. The van der Waals surface area contributed by atoms with Crippen LogP contribution >= 0.6 is 11.3 Å². The third kappa shape index (κ3) is 2.76. The van der Waals surface area contributed by atoms with E-state index in [1.54, 1.807) is 12.3 Å². The second kappa shape index (κ2) is 4.88. The van der Waals surface area contributed by atoms with Crippen LogP contribution in [0.1, 0.15) is 11.4 Å². The number of nitrogens with zero attached hydrogens (tertiary/aromatic N) is 4. The molecular weight excluding hydrogens is 240 g/mol. The number of methoxy groups -OCH3 is 1. The zero-order chi connectivity index (χ0) is 12.3. The van der Waals surface area contributed by atoms with Crippen molar-refractivity contribution in [1.82, 2.24) is 15.0 Å². The van der Waals surface area contributed by atoms with Gasteiger partial charge >= 0.3 is 0 Å². The van der Waals surface area contributed by atoms with Gasteiger partial charge in [-0.3, -0.25) is 0 Å². The molecule has 0 fully saturated rings. The standard InChI is InChI=1S/C10H10N4O2S/c1-6-3-4-11-9(13-6)12-5-7-8(15)17-10(14-7)16-2/h3-5,15H,1-2H3/b12-5+. The van der Waals surface area contributed by atoms with Crippen LogP contribution in [0, 0.1) is 6.92 Å². The normalized spacial score (nSPS) is 10.9. The Bertz CT molecular complexity index is 553. The molecule has 6 nitrogen and oxygen atoms in total. The molecule has 0 spiro atoms. The van der Waals surface area contributed by atoms with Crippen LogP contribution in [-0.2, 0) is 0 Å². The molecule has 7 heteroatoms. The summed E-state index contributed by atoms with van der Waals surface area (Å²) in [4.78, 5) is 16.1. The molecule has 0 aromatic carbocycles. The average Bonchev–Trinajstić information content (AvgIpc) is 2.68. The fraction of sp³-hybridized carbons (Fsp3) is 0.200. The van der Waals surface area contributed by atoms with Crippen LogP contribution in [0.15, 0.2) is 17.3 Å². The number of ether oxygens (including phenoxy) is 1. The van der Waals surface area contributed by atoms with Gasteiger partial charge in [-0.15, -0.1) is 0 Å². The Morgan fingerprint density at radius 2 is 2.29 bits per heavy atom. The highest BCUT2D eigenvalue weighted by Gasteiger charge is 2.08. The Balaban J connectivity index is 2.22. The molecule has 0 bridgehead atoms. The first-order valence-corrected chi connectivity index (χ1v) is 5.58. The highest BCUT2D eigenvalue weighted by molar-refractivity contribution is 7.15. The van der Waals surface area contributed by atoms with E-state index in [1.807, 2.05) is 6.92 Å². The fourth-order valence-corrected chi connectivity index (χ4v) is 1.69. The number of thiazole rings is 1. The number of aromatic nitrogens is 3. The van der Waals surface area contributed by atoms with Crippen LogP contribution in [0.2, 0.25) is 0 Å². The molecule has 0 amide bonds. The number of aliphatic imine (C=N–C) groups is 1. The summed E-state index contributed by atoms with van der Waals surface area (Å²) in [5, 5.41) is 9.98. The summed E-state index contributed by atoms with van der Waals surface area (Å²) in [7, 11) is 1.49. The minimum atomic E-state index is 0.0539. The molecule has 0 aliphatic heterocycles. The smallest absolute Gasteiger partial charge is 0.277 e. The summed E-state index contributed by atoms with van der Waals surface area (Å²) in [5.41, 5.74) is 1.17. The molecule has 0 atom stereocenters. The van der Waals surface area contributed by atoms with Gasteiger partial charge in [-0.1, -0.05) is 0 Å². The number of hydrogen-bond acceptors (Lipinski definition) is 7. The van der Waals surface area contributed by atoms with E-state index in [1.165, 1.54) is 13.3 Å². The third-order valence-corrected chi connectivity index (χ3v) is 2.71. The monoisotopic (exact) mass is 250 g/mol. The highest BCUT2D eigenvalue weighted by Crippen LogP contribution is 2.29. The van der Waals surface area contributed by atoms with Gasteiger partial charge in [0.15, 0.2) is 0 Å². The second-order valence-corrected chi connectivity index (χ2v) is 4.07. The molecule has 88 valence electrons. The Hall–Kier alpha value is -2.02. The number of hydrogen-bond donors (Lipinski definition) is 1. The minimum absolute atomic E-state index is 0.0539. The topological polar surface area (TPSA) is 80.5 Å². The van der Waals surface area contributed by atoms with Crippen molar-refractivity contribution in [2.45, 2.75) is 6.92 Å². The predicted octanol–water partition coefficient (Wildman–Crippen LogP) is 1.71. The van der Waals surface area contributed by atoms with Crippen LogP contribution in [0.25, 0.3) is 0 Å². The Labute approximate surface area is 102 Å². The van der Waals surface area contributed by atoms with E-state index in [2.05, 4.69) is 19.9 Å². The molecular formula is C10H10N4O2S. The molecule has 0 saturated heterocycles. The van der Waals surface area contributed by atoms with Gasteiger partial charge in [0.1, 0.15) is 5.69 Å². The van der Waals surface area contributed by atoms with Crippen molar-refractivity contribution < 1.29 is 9.84 Å². The van der Waals surface area contributed by atoms with Crippen molar-refractivity contribution in [3.05, 3.63) is 23.7 Å². The molecule has 1 N–H and O–H groups in total. The summed E-state index contributed by atoms with van der Waals surface area (Å²) in [6.07, 6.45) is 3.03. The quantitative estimate of drug-likeness (QED) is 0.839. The fourth-order valence-electron chi connectivity index (χ4n) is 1.09. The highest BCUT2D eigenvalue weighted by atomic mass is 32.1. The van der Waals surface area contributed by atoms with E-state index in [0.717, 1.165) is 17.0 Å². The molecule has 0 aliphatic carbocycles. The van der Waals surface area contributed by atoms with Crippen LogP contribution in [0.4, 0.5) is 5.95 Å². The zero-order valence-electron chi connectivity index (χ0n) is 9.28. The first kappa shape index (κ1) is 11.5. The number of aryl methyl sites for hydroxylation is 1. The van der Waals surface area contributed by atoms with Gasteiger partial charge in [0.05, 0.1) is 13.3 Å². The molecule has 2 heterocycles. The predicted molar refractivity (Wildman–Crippen MR) is 64.4 cm³/mol. The first-order valence-electron chi connectivity index (χ1n) is 4.76. The molecule has 0 aliphatic rings. The van der Waals surface area contributed by atoms with Crippen LogP contribution in [0.5, 0.6) is 10.3 Å². The van der Waals surface area contributed by atoms with Gasteiger partial charge in [0, 0.05) is 11.9 Å². The van der Waals surface area contributed by atoms with Gasteiger partial charge in [0.2, 0.25) is 11.0 Å².